The zero-order valence-electron chi connectivity index (χ0n) is 13.2. The van der Waals surface area contributed by atoms with Crippen molar-refractivity contribution in [3.8, 4) is 0 Å². The smallest absolute Gasteiger partial charge is 0.355 e. The largest absolute Gasteiger partial charge is 0.476 e. The van der Waals surface area contributed by atoms with Crippen LogP contribution < -0.4 is 5.32 Å². The van der Waals surface area contributed by atoms with E-state index in [-0.39, 0.29) is 11.6 Å². The molecule has 5 nitrogen and oxygen atoms in total. The molecule has 0 atom stereocenters. The van der Waals surface area contributed by atoms with Gasteiger partial charge in [-0.05, 0) is 38.3 Å². The van der Waals surface area contributed by atoms with Gasteiger partial charge in [0.1, 0.15) is 0 Å². The first-order valence-electron chi connectivity index (χ1n) is 7.46. The van der Waals surface area contributed by atoms with Crippen LogP contribution in [0.2, 0.25) is 0 Å². The second-order valence-corrected chi connectivity index (χ2v) is 7.73. The molecule has 124 valence electrons. The molecule has 0 radical (unpaired) electrons. The maximum Gasteiger partial charge on any atom is 0.355 e. The van der Waals surface area contributed by atoms with Crippen LogP contribution in [0.25, 0.3) is 0 Å². The summed E-state index contributed by atoms with van der Waals surface area (Å²) in [6.45, 7) is 4.71. The van der Waals surface area contributed by atoms with E-state index in [1.54, 1.807) is 11.3 Å². The number of nitrogens with zero attached hydrogens (tertiary/aromatic N) is 1. The van der Waals surface area contributed by atoms with Crippen molar-refractivity contribution in [2.24, 2.45) is 0 Å². The summed E-state index contributed by atoms with van der Waals surface area (Å²) in [4.78, 5) is 29.2. The zero-order valence-corrected chi connectivity index (χ0v) is 14.9. The fourth-order valence-corrected chi connectivity index (χ4v) is 4.04. The Morgan fingerprint density at radius 3 is 2.70 bits per heavy atom. The number of carbonyl (C=O) groups excluding carboxylic acids is 1. The molecular formula is C16H20N2O3S2. The minimum atomic E-state index is -1.02. The third-order valence-corrected chi connectivity index (χ3v) is 5.34. The van der Waals surface area contributed by atoms with Gasteiger partial charge in [0.25, 0.3) is 0 Å². The minimum absolute atomic E-state index is 0.0321. The van der Waals surface area contributed by atoms with E-state index >= 15 is 0 Å². The van der Waals surface area contributed by atoms with Crippen LogP contribution in [0.3, 0.4) is 0 Å². The fourth-order valence-electron chi connectivity index (χ4n) is 2.29. The number of carbonyl (C=O) groups is 2. The van der Waals surface area contributed by atoms with E-state index in [1.165, 1.54) is 32.0 Å². The Hall–Kier alpha value is -1.73. The minimum Gasteiger partial charge on any atom is -0.476 e. The van der Waals surface area contributed by atoms with Gasteiger partial charge in [-0.3, -0.25) is 4.79 Å². The number of nitrogens with one attached hydrogen (secondary N) is 1. The summed E-state index contributed by atoms with van der Waals surface area (Å²) in [6.07, 6.45) is 2.83. The lowest BCUT2D eigenvalue weighted by Crippen LogP contribution is -2.25. The number of hydrogen-bond donors (Lipinski definition) is 2. The highest BCUT2D eigenvalue weighted by molar-refractivity contribution is 7.12. The third kappa shape index (κ3) is 5.44. The van der Waals surface area contributed by atoms with E-state index in [0.29, 0.717) is 19.4 Å². The summed E-state index contributed by atoms with van der Waals surface area (Å²) in [6, 6.07) is 2.19. The number of aromatic nitrogens is 1. The zero-order chi connectivity index (χ0) is 16.8. The van der Waals surface area contributed by atoms with Crippen LogP contribution in [0.5, 0.6) is 0 Å². The quantitative estimate of drug-likeness (QED) is 0.764. The van der Waals surface area contributed by atoms with Crippen molar-refractivity contribution in [2.45, 2.75) is 39.5 Å². The lowest BCUT2D eigenvalue weighted by molar-refractivity contribution is -0.121. The SMILES string of the molecule is Cc1cc(CCCC(=O)NCCc2nc(C(=O)O)cs2)c(C)s1. The van der Waals surface area contributed by atoms with Crippen molar-refractivity contribution >= 4 is 34.6 Å². The van der Waals surface area contributed by atoms with Gasteiger partial charge in [0.15, 0.2) is 5.69 Å². The molecule has 0 aliphatic rings. The lowest BCUT2D eigenvalue weighted by Gasteiger charge is -2.04. The van der Waals surface area contributed by atoms with E-state index in [1.807, 2.05) is 0 Å². The monoisotopic (exact) mass is 352 g/mol. The number of thiophene rings is 1. The Labute approximate surface area is 143 Å². The van der Waals surface area contributed by atoms with Gasteiger partial charge in [0, 0.05) is 34.5 Å². The van der Waals surface area contributed by atoms with Crippen molar-refractivity contribution < 1.29 is 14.7 Å². The molecule has 0 unspecified atom stereocenters. The molecule has 23 heavy (non-hydrogen) atoms. The number of aryl methyl sites for hydroxylation is 3. The fraction of sp³-hybridized carbons (Fsp3) is 0.438. The Morgan fingerprint density at radius 2 is 2.09 bits per heavy atom. The van der Waals surface area contributed by atoms with Crippen LogP contribution in [0, 0.1) is 13.8 Å². The molecule has 0 spiro atoms. The van der Waals surface area contributed by atoms with Crippen LogP contribution in [-0.4, -0.2) is 28.5 Å². The van der Waals surface area contributed by atoms with Crippen LogP contribution >= 0.6 is 22.7 Å². The molecule has 0 saturated carbocycles. The van der Waals surface area contributed by atoms with Crippen molar-refractivity contribution in [3.05, 3.63) is 37.5 Å². The topological polar surface area (TPSA) is 79.3 Å². The Kier molecular flexibility index (Phi) is 6.29. The summed E-state index contributed by atoms with van der Waals surface area (Å²) in [5, 5.41) is 13.9. The predicted molar refractivity (Wildman–Crippen MR) is 92.5 cm³/mol. The molecule has 0 aliphatic heterocycles. The number of carboxylic acid groups (broad SMARTS) is 1. The number of carboxylic acids is 1. The van der Waals surface area contributed by atoms with E-state index in [2.05, 4.69) is 30.2 Å². The normalized spacial score (nSPS) is 10.7. The molecule has 2 N–H and O–H groups in total. The first-order valence-corrected chi connectivity index (χ1v) is 9.15. The van der Waals surface area contributed by atoms with Crippen LogP contribution in [-0.2, 0) is 17.6 Å². The van der Waals surface area contributed by atoms with Gasteiger partial charge in [-0.25, -0.2) is 9.78 Å². The van der Waals surface area contributed by atoms with Gasteiger partial charge in [0.05, 0.1) is 5.01 Å². The molecule has 0 fully saturated rings. The summed E-state index contributed by atoms with van der Waals surface area (Å²) >= 11 is 3.10. The average Bonchev–Trinajstić information content (AvgIpc) is 3.06. The molecule has 1 amide bonds. The summed E-state index contributed by atoms with van der Waals surface area (Å²) in [5.41, 5.74) is 1.40. The maximum atomic E-state index is 11.8. The Morgan fingerprint density at radius 1 is 1.30 bits per heavy atom. The highest BCUT2D eigenvalue weighted by Gasteiger charge is 2.09. The highest BCUT2D eigenvalue weighted by Crippen LogP contribution is 2.22. The van der Waals surface area contributed by atoms with E-state index in [9.17, 15) is 9.59 Å². The standard InChI is InChI=1S/C16H20N2O3S2/c1-10-8-12(11(2)23-10)4-3-5-14(19)17-7-6-15-18-13(9-22-15)16(20)21/h8-9H,3-7H2,1-2H3,(H,17,19)(H,20,21). The predicted octanol–water partition coefficient (Wildman–Crippen LogP) is 3.20. The molecule has 2 heterocycles. The Balaban J connectivity index is 1.65. The second kappa shape index (κ2) is 8.21. The van der Waals surface area contributed by atoms with Crippen molar-refractivity contribution in [3.63, 3.8) is 0 Å². The molecule has 0 aliphatic carbocycles. The van der Waals surface area contributed by atoms with Gasteiger partial charge in [0.2, 0.25) is 5.91 Å². The van der Waals surface area contributed by atoms with Crippen molar-refractivity contribution in [1.82, 2.24) is 10.3 Å². The van der Waals surface area contributed by atoms with E-state index in [0.717, 1.165) is 17.8 Å². The van der Waals surface area contributed by atoms with E-state index in [4.69, 9.17) is 5.11 Å². The summed E-state index contributed by atoms with van der Waals surface area (Å²) in [5.74, 6) is -0.986. The van der Waals surface area contributed by atoms with E-state index < -0.39 is 5.97 Å². The molecule has 2 aromatic rings. The Bertz CT molecular complexity index is 691. The number of amides is 1. The summed E-state index contributed by atoms with van der Waals surface area (Å²) < 4.78 is 0. The molecule has 2 aromatic heterocycles. The molecule has 0 aromatic carbocycles. The molecule has 2 rings (SSSR count). The van der Waals surface area contributed by atoms with Gasteiger partial charge >= 0.3 is 5.97 Å². The van der Waals surface area contributed by atoms with Gasteiger partial charge < -0.3 is 10.4 Å². The molecule has 0 bridgehead atoms. The van der Waals surface area contributed by atoms with Gasteiger partial charge in [-0.2, -0.15) is 0 Å². The van der Waals surface area contributed by atoms with Gasteiger partial charge in [-0.15, -0.1) is 22.7 Å². The number of hydrogen-bond acceptors (Lipinski definition) is 5. The van der Waals surface area contributed by atoms with Crippen LogP contribution in [0.1, 0.15) is 43.7 Å². The second-order valence-electron chi connectivity index (χ2n) is 5.32. The van der Waals surface area contributed by atoms with Crippen molar-refractivity contribution in [2.75, 3.05) is 6.54 Å². The third-order valence-electron chi connectivity index (χ3n) is 3.43. The summed E-state index contributed by atoms with van der Waals surface area (Å²) in [7, 11) is 0. The number of rotatable bonds is 8. The lowest BCUT2D eigenvalue weighted by atomic mass is 10.1. The molecule has 0 saturated heterocycles. The van der Waals surface area contributed by atoms with Crippen LogP contribution in [0.15, 0.2) is 11.4 Å². The first kappa shape index (κ1) is 17.6. The van der Waals surface area contributed by atoms with Gasteiger partial charge in [-0.1, -0.05) is 0 Å². The molecular weight excluding hydrogens is 332 g/mol. The maximum absolute atomic E-state index is 11.8. The molecule has 7 heteroatoms. The number of thiazole rings is 1. The highest BCUT2D eigenvalue weighted by atomic mass is 32.1. The average molecular weight is 352 g/mol. The first-order chi connectivity index (χ1) is 11.0. The number of aromatic carboxylic acids is 1. The van der Waals surface area contributed by atoms with Crippen molar-refractivity contribution in [1.29, 1.82) is 0 Å². The van der Waals surface area contributed by atoms with Crippen LogP contribution in [0.4, 0.5) is 0 Å².